The topological polar surface area (TPSA) is 40.5 Å². The van der Waals surface area contributed by atoms with Crippen molar-refractivity contribution in [3.8, 4) is 11.5 Å². The minimum absolute atomic E-state index is 0.0530. The van der Waals surface area contributed by atoms with Crippen LogP contribution in [-0.2, 0) is 0 Å². The molecule has 0 aliphatic rings. The summed E-state index contributed by atoms with van der Waals surface area (Å²) in [5, 5.41) is 20.3. The van der Waals surface area contributed by atoms with Gasteiger partial charge < -0.3 is 10.2 Å². The zero-order valence-corrected chi connectivity index (χ0v) is 15.2. The molecule has 2 N–H and O–H groups in total. The fourth-order valence-corrected chi connectivity index (χ4v) is 3.53. The van der Waals surface area contributed by atoms with E-state index >= 15 is 0 Å². The summed E-state index contributed by atoms with van der Waals surface area (Å²) in [6, 6.07) is 18.6. The van der Waals surface area contributed by atoms with Crippen molar-refractivity contribution in [2.75, 3.05) is 0 Å². The maximum Gasteiger partial charge on any atom is 0.121 e. The van der Waals surface area contributed by atoms with Gasteiger partial charge >= 0.3 is 0 Å². The second kappa shape index (κ2) is 6.64. The van der Waals surface area contributed by atoms with Crippen LogP contribution >= 0.6 is 0 Å². The van der Waals surface area contributed by atoms with Gasteiger partial charge in [-0.15, -0.1) is 0 Å². The SMILES string of the molecule is Cc1cc(C(c2ccccc2)c2cc(C)c(O)c(C)c2)cc(C)c1O. The first-order valence-electron chi connectivity index (χ1n) is 8.53. The highest BCUT2D eigenvalue weighted by Gasteiger charge is 2.20. The molecule has 0 bridgehead atoms. The average molecular weight is 332 g/mol. The Kier molecular flexibility index (Phi) is 4.54. The van der Waals surface area contributed by atoms with Gasteiger partial charge in [0.1, 0.15) is 11.5 Å². The maximum absolute atomic E-state index is 10.1. The molecule has 0 aromatic heterocycles. The van der Waals surface area contributed by atoms with Crippen LogP contribution in [0.15, 0.2) is 54.6 Å². The first-order chi connectivity index (χ1) is 11.9. The molecule has 0 radical (unpaired) electrons. The lowest BCUT2D eigenvalue weighted by atomic mass is 9.82. The summed E-state index contributed by atoms with van der Waals surface area (Å²) in [6.07, 6.45) is 0. The molecule has 0 amide bonds. The Balaban J connectivity index is 2.25. The number of hydrogen-bond donors (Lipinski definition) is 2. The Morgan fingerprint density at radius 1 is 0.560 bits per heavy atom. The monoisotopic (exact) mass is 332 g/mol. The van der Waals surface area contributed by atoms with Gasteiger partial charge in [0, 0.05) is 5.92 Å². The smallest absolute Gasteiger partial charge is 0.121 e. The van der Waals surface area contributed by atoms with E-state index in [-0.39, 0.29) is 5.92 Å². The van der Waals surface area contributed by atoms with Crippen LogP contribution in [0.5, 0.6) is 11.5 Å². The molecule has 2 nitrogen and oxygen atoms in total. The van der Waals surface area contributed by atoms with Crippen LogP contribution in [-0.4, -0.2) is 10.2 Å². The molecule has 0 atom stereocenters. The molecule has 0 spiro atoms. The van der Waals surface area contributed by atoms with E-state index in [1.54, 1.807) is 0 Å². The molecule has 3 aromatic rings. The molecule has 0 heterocycles. The summed E-state index contributed by atoms with van der Waals surface area (Å²) >= 11 is 0. The molecule has 0 aliphatic carbocycles. The van der Waals surface area contributed by atoms with E-state index in [0.717, 1.165) is 33.4 Å². The number of aryl methyl sites for hydroxylation is 4. The van der Waals surface area contributed by atoms with Crippen LogP contribution in [0.1, 0.15) is 44.9 Å². The number of rotatable bonds is 3. The summed E-state index contributed by atoms with van der Waals surface area (Å²) in [5.74, 6) is 0.763. The van der Waals surface area contributed by atoms with Gasteiger partial charge in [0.05, 0.1) is 0 Å². The fraction of sp³-hybridized carbons (Fsp3) is 0.217. The van der Waals surface area contributed by atoms with Gasteiger partial charge in [-0.25, -0.2) is 0 Å². The zero-order valence-electron chi connectivity index (χ0n) is 15.2. The highest BCUT2D eigenvalue weighted by molar-refractivity contribution is 5.52. The number of hydrogen-bond acceptors (Lipinski definition) is 2. The third-order valence-corrected chi connectivity index (χ3v) is 4.83. The number of aromatic hydroxyl groups is 2. The third kappa shape index (κ3) is 3.25. The molecule has 128 valence electrons. The van der Waals surface area contributed by atoms with E-state index < -0.39 is 0 Å². The predicted molar refractivity (Wildman–Crippen MR) is 103 cm³/mol. The first-order valence-corrected chi connectivity index (χ1v) is 8.53. The van der Waals surface area contributed by atoms with Gasteiger partial charge in [-0.1, -0.05) is 54.6 Å². The van der Waals surface area contributed by atoms with E-state index in [0.29, 0.717) is 11.5 Å². The minimum Gasteiger partial charge on any atom is -0.507 e. The Hall–Kier alpha value is -2.74. The fourth-order valence-electron chi connectivity index (χ4n) is 3.53. The van der Waals surface area contributed by atoms with E-state index in [2.05, 4.69) is 36.4 Å². The molecule has 3 rings (SSSR count). The number of phenols is 2. The van der Waals surface area contributed by atoms with E-state index in [4.69, 9.17) is 0 Å². The summed E-state index contributed by atoms with van der Waals surface area (Å²) < 4.78 is 0. The summed E-state index contributed by atoms with van der Waals surface area (Å²) in [5.41, 5.74) is 6.99. The van der Waals surface area contributed by atoms with Crippen LogP contribution in [0, 0.1) is 27.7 Å². The van der Waals surface area contributed by atoms with Gasteiger partial charge in [0.2, 0.25) is 0 Å². The number of phenolic OH excluding ortho intramolecular Hbond substituents is 2. The Labute approximate surface area is 149 Å². The van der Waals surface area contributed by atoms with Gasteiger partial charge in [0.15, 0.2) is 0 Å². The molecule has 25 heavy (non-hydrogen) atoms. The van der Waals surface area contributed by atoms with Crippen molar-refractivity contribution >= 4 is 0 Å². The lowest BCUT2D eigenvalue weighted by Gasteiger charge is -2.22. The quantitative estimate of drug-likeness (QED) is 0.621. The van der Waals surface area contributed by atoms with E-state index in [9.17, 15) is 10.2 Å². The van der Waals surface area contributed by atoms with E-state index in [1.807, 2.05) is 45.9 Å². The minimum atomic E-state index is 0.0530. The van der Waals surface area contributed by atoms with Crippen LogP contribution in [0.2, 0.25) is 0 Å². The summed E-state index contributed by atoms with van der Waals surface area (Å²) in [7, 11) is 0. The molecule has 0 saturated heterocycles. The van der Waals surface area contributed by atoms with E-state index in [1.165, 1.54) is 5.56 Å². The molecular formula is C23H24O2. The van der Waals surface area contributed by atoms with Gasteiger partial charge in [-0.3, -0.25) is 0 Å². The van der Waals surface area contributed by atoms with Crippen molar-refractivity contribution in [1.82, 2.24) is 0 Å². The molecule has 2 heteroatoms. The second-order valence-electron chi connectivity index (χ2n) is 6.85. The average Bonchev–Trinajstić information content (AvgIpc) is 2.58. The van der Waals surface area contributed by atoms with Crippen molar-refractivity contribution < 1.29 is 10.2 Å². The lowest BCUT2D eigenvalue weighted by molar-refractivity contribution is 0.466. The molecule has 0 saturated carbocycles. The van der Waals surface area contributed by atoms with Crippen molar-refractivity contribution in [3.63, 3.8) is 0 Å². The van der Waals surface area contributed by atoms with Gasteiger partial charge in [0.25, 0.3) is 0 Å². The molecule has 3 aromatic carbocycles. The zero-order chi connectivity index (χ0) is 18.1. The predicted octanol–water partition coefficient (Wildman–Crippen LogP) is 5.51. The highest BCUT2D eigenvalue weighted by Crippen LogP contribution is 2.37. The molecule has 0 aliphatic heterocycles. The van der Waals surface area contributed by atoms with Crippen LogP contribution in [0.3, 0.4) is 0 Å². The van der Waals surface area contributed by atoms with Crippen molar-refractivity contribution in [3.05, 3.63) is 93.5 Å². The van der Waals surface area contributed by atoms with Crippen molar-refractivity contribution in [2.24, 2.45) is 0 Å². The first kappa shape index (κ1) is 17.1. The highest BCUT2D eigenvalue weighted by atomic mass is 16.3. The molecule has 0 fully saturated rings. The third-order valence-electron chi connectivity index (χ3n) is 4.83. The van der Waals surface area contributed by atoms with Crippen LogP contribution in [0.25, 0.3) is 0 Å². The van der Waals surface area contributed by atoms with Crippen molar-refractivity contribution in [2.45, 2.75) is 33.6 Å². The molecular weight excluding hydrogens is 308 g/mol. The normalized spacial score (nSPS) is 11.1. The van der Waals surface area contributed by atoms with Gasteiger partial charge in [-0.05, 0) is 66.6 Å². The standard InChI is InChI=1S/C23H24O2/c1-14-10-19(11-15(2)22(14)24)21(18-8-6-5-7-9-18)20-12-16(3)23(25)17(4)13-20/h5-13,21,24-25H,1-4H3. The lowest BCUT2D eigenvalue weighted by Crippen LogP contribution is -2.05. The largest absolute Gasteiger partial charge is 0.507 e. The molecule has 0 unspecified atom stereocenters. The number of benzene rings is 3. The van der Waals surface area contributed by atoms with Crippen LogP contribution in [0.4, 0.5) is 0 Å². The summed E-state index contributed by atoms with van der Waals surface area (Å²) in [4.78, 5) is 0. The van der Waals surface area contributed by atoms with Crippen LogP contribution < -0.4 is 0 Å². The van der Waals surface area contributed by atoms with Crippen molar-refractivity contribution in [1.29, 1.82) is 0 Å². The Morgan fingerprint density at radius 2 is 0.920 bits per heavy atom. The summed E-state index contributed by atoms with van der Waals surface area (Å²) in [6.45, 7) is 7.73. The Bertz CT molecular complexity index is 807. The Morgan fingerprint density at radius 3 is 1.28 bits per heavy atom. The maximum atomic E-state index is 10.1. The second-order valence-corrected chi connectivity index (χ2v) is 6.85. The van der Waals surface area contributed by atoms with Gasteiger partial charge in [-0.2, -0.15) is 0 Å².